The average Bonchev–Trinajstić information content (AvgIpc) is 2.37. The van der Waals surface area contributed by atoms with Crippen LogP contribution in [0.5, 0.6) is 5.75 Å². The van der Waals surface area contributed by atoms with Gasteiger partial charge in [0.15, 0.2) is 0 Å². The van der Waals surface area contributed by atoms with Gasteiger partial charge >= 0.3 is 0 Å². The molecule has 2 aromatic carbocycles. The molecule has 0 amide bonds. The number of halogens is 2. The van der Waals surface area contributed by atoms with Crippen molar-refractivity contribution in [3.05, 3.63) is 45.3 Å². The Labute approximate surface area is 139 Å². The molecule has 21 heavy (non-hydrogen) atoms. The van der Waals surface area contributed by atoms with E-state index in [0.717, 1.165) is 4.47 Å². The molecule has 0 radical (unpaired) electrons. The molecule has 0 aromatic heterocycles. The minimum Gasteiger partial charge on any atom is -0.495 e. The van der Waals surface area contributed by atoms with E-state index in [9.17, 15) is 8.42 Å². The predicted molar refractivity (Wildman–Crippen MR) is 90.1 cm³/mol. The van der Waals surface area contributed by atoms with E-state index in [2.05, 4.69) is 36.6 Å². The Bertz CT molecular complexity index is 779. The van der Waals surface area contributed by atoms with Crippen molar-refractivity contribution in [3.8, 4) is 5.75 Å². The van der Waals surface area contributed by atoms with Crippen molar-refractivity contribution in [1.29, 1.82) is 0 Å². The molecule has 0 bridgehead atoms. The quantitative estimate of drug-likeness (QED) is 0.718. The molecular formula is C13H12Br2N2O3S. The monoisotopic (exact) mass is 434 g/mol. The molecule has 5 nitrogen and oxygen atoms in total. The van der Waals surface area contributed by atoms with Crippen LogP contribution >= 0.6 is 31.9 Å². The number of sulfonamides is 1. The van der Waals surface area contributed by atoms with Crippen molar-refractivity contribution in [2.75, 3.05) is 17.6 Å². The van der Waals surface area contributed by atoms with Gasteiger partial charge in [-0.3, -0.25) is 4.72 Å². The van der Waals surface area contributed by atoms with Crippen LogP contribution in [-0.4, -0.2) is 15.5 Å². The van der Waals surface area contributed by atoms with Crippen LogP contribution in [0.15, 0.2) is 50.2 Å². The second-order valence-electron chi connectivity index (χ2n) is 4.14. The first kappa shape index (κ1) is 16.1. The Kier molecular flexibility index (Phi) is 4.80. The van der Waals surface area contributed by atoms with E-state index in [-0.39, 0.29) is 10.6 Å². The van der Waals surface area contributed by atoms with Gasteiger partial charge in [-0.25, -0.2) is 8.42 Å². The van der Waals surface area contributed by atoms with Gasteiger partial charge in [-0.15, -0.1) is 0 Å². The number of nitrogen functional groups attached to an aromatic ring is 1. The molecule has 0 spiro atoms. The third-order valence-electron chi connectivity index (χ3n) is 2.65. The van der Waals surface area contributed by atoms with Crippen molar-refractivity contribution >= 4 is 53.3 Å². The Morgan fingerprint density at radius 3 is 2.48 bits per heavy atom. The molecule has 0 saturated carbocycles. The predicted octanol–water partition coefficient (Wildman–Crippen LogP) is 3.60. The number of benzene rings is 2. The fourth-order valence-electron chi connectivity index (χ4n) is 1.70. The van der Waals surface area contributed by atoms with Crippen molar-refractivity contribution in [1.82, 2.24) is 0 Å². The third-order valence-corrected chi connectivity index (χ3v) is 5.49. The Morgan fingerprint density at radius 2 is 1.86 bits per heavy atom. The van der Waals surface area contributed by atoms with Crippen LogP contribution in [0.4, 0.5) is 11.4 Å². The molecule has 3 N–H and O–H groups in total. The summed E-state index contributed by atoms with van der Waals surface area (Å²) in [5.41, 5.74) is 6.40. The molecule has 0 heterocycles. The van der Waals surface area contributed by atoms with E-state index in [1.54, 1.807) is 24.3 Å². The van der Waals surface area contributed by atoms with E-state index in [1.165, 1.54) is 19.2 Å². The summed E-state index contributed by atoms with van der Waals surface area (Å²) in [5.74, 6) is 0.390. The van der Waals surface area contributed by atoms with Crippen LogP contribution in [0, 0.1) is 0 Å². The lowest BCUT2D eigenvalue weighted by Gasteiger charge is -2.13. The number of hydrogen-bond donors (Lipinski definition) is 2. The summed E-state index contributed by atoms with van der Waals surface area (Å²) >= 11 is 6.52. The molecular weight excluding hydrogens is 424 g/mol. The zero-order chi connectivity index (χ0) is 15.6. The zero-order valence-corrected chi connectivity index (χ0v) is 14.9. The SMILES string of the molecule is COc1ccc(N)cc1NS(=O)(=O)c1ccc(Br)cc1Br. The van der Waals surface area contributed by atoms with Crippen molar-refractivity contribution < 1.29 is 13.2 Å². The van der Waals surface area contributed by atoms with Crippen molar-refractivity contribution in [2.45, 2.75) is 4.90 Å². The number of hydrogen-bond acceptors (Lipinski definition) is 4. The molecule has 2 aromatic rings. The topological polar surface area (TPSA) is 81.4 Å². The van der Waals surface area contributed by atoms with Crippen LogP contribution < -0.4 is 15.2 Å². The number of rotatable bonds is 4. The second kappa shape index (κ2) is 6.25. The average molecular weight is 436 g/mol. The van der Waals surface area contributed by atoms with Gasteiger partial charge in [-0.2, -0.15) is 0 Å². The number of ether oxygens (including phenoxy) is 1. The molecule has 0 unspecified atom stereocenters. The lowest BCUT2D eigenvalue weighted by Crippen LogP contribution is -2.14. The zero-order valence-electron chi connectivity index (χ0n) is 10.9. The molecule has 0 aliphatic heterocycles. The number of anilines is 2. The van der Waals surface area contributed by atoms with E-state index in [0.29, 0.717) is 15.9 Å². The number of nitrogens with two attached hydrogens (primary N) is 1. The summed E-state index contributed by atoms with van der Waals surface area (Å²) in [6.45, 7) is 0. The first-order valence-corrected chi connectivity index (χ1v) is 8.82. The fraction of sp³-hybridized carbons (Fsp3) is 0.0769. The Hall–Kier alpha value is -1.25. The maximum Gasteiger partial charge on any atom is 0.263 e. The van der Waals surface area contributed by atoms with Gasteiger partial charge in [0.05, 0.1) is 12.8 Å². The van der Waals surface area contributed by atoms with E-state index >= 15 is 0 Å². The van der Waals surface area contributed by atoms with Crippen molar-refractivity contribution in [2.24, 2.45) is 0 Å². The summed E-state index contributed by atoms with van der Waals surface area (Å²) in [7, 11) is -2.31. The highest BCUT2D eigenvalue weighted by molar-refractivity contribution is 9.11. The highest BCUT2D eigenvalue weighted by atomic mass is 79.9. The van der Waals surface area contributed by atoms with Gasteiger partial charge in [0.2, 0.25) is 0 Å². The summed E-state index contributed by atoms with van der Waals surface area (Å²) in [6.07, 6.45) is 0. The minimum absolute atomic E-state index is 0.121. The summed E-state index contributed by atoms with van der Waals surface area (Å²) in [6, 6.07) is 9.54. The highest BCUT2D eigenvalue weighted by Gasteiger charge is 2.19. The third kappa shape index (κ3) is 3.69. The molecule has 112 valence electrons. The van der Waals surface area contributed by atoms with Crippen LogP contribution in [0.3, 0.4) is 0 Å². The molecule has 0 fully saturated rings. The van der Waals surface area contributed by atoms with Gasteiger partial charge in [-0.05, 0) is 52.3 Å². The Balaban J connectivity index is 2.44. The van der Waals surface area contributed by atoms with Crippen molar-refractivity contribution in [3.63, 3.8) is 0 Å². The number of methoxy groups -OCH3 is 1. The van der Waals surface area contributed by atoms with Crippen LogP contribution in [-0.2, 0) is 10.0 Å². The number of nitrogens with one attached hydrogen (secondary N) is 1. The smallest absolute Gasteiger partial charge is 0.263 e. The van der Waals surface area contributed by atoms with Crippen LogP contribution in [0.25, 0.3) is 0 Å². The standard InChI is InChI=1S/C13H12Br2N2O3S/c1-20-12-4-3-9(16)7-11(12)17-21(18,19)13-5-2-8(14)6-10(13)15/h2-7,17H,16H2,1H3. The van der Waals surface area contributed by atoms with Gasteiger partial charge in [0, 0.05) is 14.6 Å². The Morgan fingerprint density at radius 1 is 1.14 bits per heavy atom. The first-order chi connectivity index (χ1) is 9.83. The largest absolute Gasteiger partial charge is 0.495 e. The second-order valence-corrected chi connectivity index (χ2v) is 7.56. The summed E-state index contributed by atoms with van der Waals surface area (Å²) in [4.78, 5) is 0.121. The first-order valence-electron chi connectivity index (χ1n) is 5.75. The van der Waals surface area contributed by atoms with Gasteiger partial charge in [0.25, 0.3) is 10.0 Å². The molecule has 0 aliphatic carbocycles. The lowest BCUT2D eigenvalue weighted by molar-refractivity contribution is 0.417. The normalized spacial score (nSPS) is 11.2. The van der Waals surface area contributed by atoms with Crippen LogP contribution in [0.1, 0.15) is 0 Å². The molecule has 8 heteroatoms. The molecule has 0 aliphatic rings. The van der Waals surface area contributed by atoms with Gasteiger partial charge in [-0.1, -0.05) is 15.9 Å². The minimum atomic E-state index is -3.76. The van der Waals surface area contributed by atoms with E-state index in [1.807, 2.05) is 0 Å². The van der Waals surface area contributed by atoms with Gasteiger partial charge < -0.3 is 10.5 Å². The van der Waals surface area contributed by atoms with Gasteiger partial charge in [0.1, 0.15) is 10.6 Å². The maximum atomic E-state index is 12.5. The van der Waals surface area contributed by atoms with Crippen LogP contribution in [0.2, 0.25) is 0 Å². The highest BCUT2D eigenvalue weighted by Crippen LogP contribution is 2.31. The molecule has 2 rings (SSSR count). The fourth-order valence-corrected chi connectivity index (χ4v) is 4.51. The maximum absolute atomic E-state index is 12.5. The van der Waals surface area contributed by atoms with E-state index in [4.69, 9.17) is 10.5 Å². The summed E-state index contributed by atoms with van der Waals surface area (Å²) in [5, 5.41) is 0. The molecule has 0 saturated heterocycles. The van der Waals surface area contributed by atoms with E-state index < -0.39 is 10.0 Å². The lowest BCUT2D eigenvalue weighted by atomic mass is 10.2. The summed E-state index contributed by atoms with van der Waals surface area (Å²) < 4.78 is 33.8. The molecule has 0 atom stereocenters.